The van der Waals surface area contributed by atoms with Gasteiger partial charge in [0.15, 0.2) is 0 Å². The van der Waals surface area contributed by atoms with Gasteiger partial charge in [0.1, 0.15) is 11.6 Å². The van der Waals surface area contributed by atoms with E-state index in [1.807, 2.05) is 0 Å². The molecule has 0 heterocycles. The average molecular weight is 461 g/mol. The van der Waals surface area contributed by atoms with Crippen molar-refractivity contribution in [3.63, 3.8) is 0 Å². The first-order chi connectivity index (χ1) is 15.5. The van der Waals surface area contributed by atoms with Gasteiger partial charge in [-0.25, -0.2) is 8.78 Å². The minimum Gasteiger partial charge on any atom is -0.400 e. The number of fused-ring (bicyclic) bond motifs is 4. The van der Waals surface area contributed by atoms with Crippen LogP contribution in [0.2, 0.25) is 0 Å². The molecule has 0 aliphatic heterocycles. The number of nitrogens with zero attached hydrogens (tertiary/aromatic N) is 1. The number of halogens is 2. The second-order valence-corrected chi connectivity index (χ2v) is 8.89. The molecule has 33 heavy (non-hydrogen) atoms. The molecule has 3 N–H and O–H groups in total. The van der Waals surface area contributed by atoms with Gasteiger partial charge >= 0.3 is 0 Å². The average Bonchev–Trinajstić information content (AvgIpc) is 3.59. The minimum atomic E-state index is -0.312. The molecule has 4 aliphatic rings. The summed E-state index contributed by atoms with van der Waals surface area (Å²) < 4.78 is 28.1. The Bertz CT molecular complexity index is 975. The lowest BCUT2D eigenvalue weighted by molar-refractivity contribution is -0.386. The topological polar surface area (TPSA) is 89.4 Å². The molecular formula is C26H34F2N2O3. The molecule has 0 atom stereocenters. The summed E-state index contributed by atoms with van der Waals surface area (Å²) in [6.07, 6.45) is 10.2. The SMILES string of the molecule is C.CO.Nc1c2c(c(F)c3c1CCC3)CCC2.O=[N+]([O-])c1c2c(c(F)c3c1CCC3)CCC2. The van der Waals surface area contributed by atoms with E-state index in [9.17, 15) is 18.9 Å². The van der Waals surface area contributed by atoms with Crippen LogP contribution >= 0.6 is 0 Å². The Morgan fingerprint density at radius 2 is 0.939 bits per heavy atom. The Morgan fingerprint density at radius 3 is 1.27 bits per heavy atom. The Morgan fingerprint density at radius 1 is 0.667 bits per heavy atom. The number of hydrogen-bond donors (Lipinski definition) is 2. The molecule has 0 aromatic heterocycles. The number of aliphatic hydroxyl groups excluding tert-OH is 1. The van der Waals surface area contributed by atoms with Gasteiger partial charge in [0, 0.05) is 23.9 Å². The molecule has 0 saturated heterocycles. The molecule has 0 unspecified atom stereocenters. The van der Waals surface area contributed by atoms with Crippen LogP contribution in [0, 0.1) is 21.7 Å². The molecule has 0 spiro atoms. The second-order valence-electron chi connectivity index (χ2n) is 8.89. The van der Waals surface area contributed by atoms with E-state index in [0.717, 1.165) is 86.4 Å². The van der Waals surface area contributed by atoms with Crippen molar-refractivity contribution in [1.82, 2.24) is 0 Å². The lowest BCUT2D eigenvalue weighted by atomic mass is 9.98. The first-order valence-electron chi connectivity index (χ1n) is 11.5. The first kappa shape index (κ1) is 25.1. The molecule has 6 rings (SSSR count). The van der Waals surface area contributed by atoms with Gasteiger partial charge in [-0.05, 0) is 110 Å². The van der Waals surface area contributed by atoms with Crippen LogP contribution < -0.4 is 5.73 Å². The van der Waals surface area contributed by atoms with E-state index in [4.69, 9.17) is 10.8 Å². The number of nitro groups is 1. The number of nitro benzene ring substituents is 1. The minimum absolute atomic E-state index is 0. The highest BCUT2D eigenvalue weighted by atomic mass is 19.1. The summed E-state index contributed by atoms with van der Waals surface area (Å²) in [5, 5.41) is 18.1. The van der Waals surface area contributed by atoms with Gasteiger partial charge in [-0.3, -0.25) is 10.1 Å². The third-order valence-corrected chi connectivity index (χ3v) is 7.34. The van der Waals surface area contributed by atoms with E-state index >= 15 is 0 Å². The number of aliphatic hydroxyl groups is 1. The van der Waals surface area contributed by atoms with Crippen molar-refractivity contribution < 1.29 is 18.8 Å². The standard InChI is InChI=1S/C12H12FNO2.C12H14FN.CH4O.CH4/c13-11-7-3-1-5-9(7)12(14(15)16)10-6-2-4-8(10)11;13-11-7-3-1-5-9(7)12(14)10-6-2-4-8(10)11;1-2;/h1-6H2;1-6,14H2;2H,1H3;1H4. The Hall–Kier alpha value is -2.54. The normalized spacial score (nSPS) is 16.4. The zero-order valence-electron chi connectivity index (χ0n) is 18.5. The summed E-state index contributed by atoms with van der Waals surface area (Å²) in [6, 6.07) is 0. The van der Waals surface area contributed by atoms with Gasteiger partial charge in [-0.2, -0.15) is 0 Å². The van der Waals surface area contributed by atoms with E-state index in [1.54, 1.807) is 0 Å². The molecule has 5 nitrogen and oxygen atoms in total. The molecule has 7 heteroatoms. The summed E-state index contributed by atoms with van der Waals surface area (Å²) in [6.45, 7) is 0. The highest BCUT2D eigenvalue weighted by Crippen LogP contribution is 2.42. The molecule has 0 fully saturated rings. The van der Waals surface area contributed by atoms with Gasteiger partial charge in [0.25, 0.3) is 5.69 Å². The number of rotatable bonds is 1. The van der Waals surface area contributed by atoms with Crippen LogP contribution in [0.4, 0.5) is 20.2 Å². The fourth-order valence-electron chi connectivity index (χ4n) is 6.01. The van der Waals surface area contributed by atoms with E-state index in [1.165, 1.54) is 0 Å². The van der Waals surface area contributed by atoms with Crippen molar-refractivity contribution >= 4 is 11.4 Å². The zero-order valence-corrected chi connectivity index (χ0v) is 18.5. The van der Waals surface area contributed by atoms with Gasteiger partial charge in [-0.15, -0.1) is 0 Å². The highest BCUT2D eigenvalue weighted by Gasteiger charge is 2.34. The summed E-state index contributed by atoms with van der Waals surface area (Å²) in [5.41, 5.74) is 13.9. The van der Waals surface area contributed by atoms with Crippen LogP contribution in [0.15, 0.2) is 0 Å². The summed E-state index contributed by atoms with van der Waals surface area (Å²) in [4.78, 5) is 10.8. The van der Waals surface area contributed by atoms with Crippen molar-refractivity contribution in [3.8, 4) is 0 Å². The van der Waals surface area contributed by atoms with Crippen LogP contribution in [0.5, 0.6) is 0 Å². The van der Waals surface area contributed by atoms with E-state index < -0.39 is 0 Å². The number of nitrogen functional groups attached to an aromatic ring is 1. The monoisotopic (exact) mass is 460 g/mol. The number of anilines is 1. The van der Waals surface area contributed by atoms with E-state index in [2.05, 4.69) is 0 Å². The molecule has 0 radical (unpaired) electrons. The molecule has 2 aromatic carbocycles. The third kappa shape index (κ3) is 4.12. The maximum atomic E-state index is 14.1. The van der Waals surface area contributed by atoms with Crippen molar-refractivity contribution in [1.29, 1.82) is 0 Å². The Labute approximate surface area is 194 Å². The number of nitrogens with two attached hydrogens (primary N) is 1. The van der Waals surface area contributed by atoms with Crippen molar-refractivity contribution in [3.05, 3.63) is 66.3 Å². The van der Waals surface area contributed by atoms with E-state index in [-0.39, 0.29) is 29.7 Å². The number of hydrogen-bond acceptors (Lipinski definition) is 4. The lowest BCUT2D eigenvalue weighted by Gasteiger charge is -2.12. The molecule has 0 saturated carbocycles. The summed E-state index contributed by atoms with van der Waals surface area (Å²) in [7, 11) is 1.00. The molecule has 2 aromatic rings. The predicted molar refractivity (Wildman–Crippen MR) is 127 cm³/mol. The van der Waals surface area contributed by atoms with Gasteiger partial charge in [0.2, 0.25) is 0 Å². The quantitative estimate of drug-likeness (QED) is 0.341. The van der Waals surface area contributed by atoms with Crippen LogP contribution in [0.1, 0.15) is 77.6 Å². The first-order valence-corrected chi connectivity index (χ1v) is 11.5. The van der Waals surface area contributed by atoms with Crippen LogP contribution in [-0.4, -0.2) is 17.1 Å². The van der Waals surface area contributed by atoms with Crippen molar-refractivity contribution in [2.24, 2.45) is 0 Å². The lowest BCUT2D eigenvalue weighted by Crippen LogP contribution is -2.04. The van der Waals surface area contributed by atoms with Gasteiger partial charge < -0.3 is 10.8 Å². The smallest absolute Gasteiger partial charge is 0.276 e. The van der Waals surface area contributed by atoms with Crippen molar-refractivity contribution in [2.45, 2.75) is 84.5 Å². The Balaban J connectivity index is 0.000000169. The van der Waals surface area contributed by atoms with Crippen LogP contribution in [-0.2, 0) is 51.4 Å². The van der Waals surface area contributed by atoms with Crippen LogP contribution in [0.3, 0.4) is 0 Å². The molecule has 4 aliphatic carbocycles. The van der Waals surface area contributed by atoms with Crippen molar-refractivity contribution in [2.75, 3.05) is 12.8 Å². The Kier molecular flexibility index (Phi) is 7.73. The number of benzene rings is 2. The third-order valence-electron chi connectivity index (χ3n) is 7.34. The zero-order chi connectivity index (χ0) is 23.0. The maximum Gasteiger partial charge on any atom is 0.276 e. The fraction of sp³-hybridized carbons (Fsp3) is 0.538. The van der Waals surface area contributed by atoms with Crippen LogP contribution in [0.25, 0.3) is 0 Å². The van der Waals surface area contributed by atoms with Gasteiger partial charge in [0.05, 0.1) is 4.92 Å². The molecular weight excluding hydrogens is 426 g/mol. The molecule has 0 bridgehead atoms. The van der Waals surface area contributed by atoms with E-state index in [0.29, 0.717) is 47.9 Å². The summed E-state index contributed by atoms with van der Waals surface area (Å²) in [5.74, 6) is -0.0789. The fourth-order valence-corrected chi connectivity index (χ4v) is 6.01. The maximum absolute atomic E-state index is 14.1. The molecule has 0 amide bonds. The highest BCUT2D eigenvalue weighted by molar-refractivity contribution is 5.63. The second kappa shape index (κ2) is 10.2. The predicted octanol–water partition coefficient (Wildman–Crippen LogP) is 5.34. The summed E-state index contributed by atoms with van der Waals surface area (Å²) >= 11 is 0. The van der Waals surface area contributed by atoms with Gasteiger partial charge in [-0.1, -0.05) is 7.43 Å². The molecule has 180 valence electrons. The largest absolute Gasteiger partial charge is 0.400 e.